The number of aryl methyl sites for hydroxylation is 4. The summed E-state index contributed by atoms with van der Waals surface area (Å²) in [6.45, 7) is 2.20. The molecule has 6 heteroatoms. The van der Waals surface area contributed by atoms with Crippen molar-refractivity contribution in [2.24, 2.45) is 0 Å². The fourth-order valence-corrected chi connectivity index (χ4v) is 13.5. The number of benzene rings is 4. The van der Waals surface area contributed by atoms with Crippen LogP contribution in [0, 0.1) is 0 Å². The van der Waals surface area contributed by atoms with Crippen molar-refractivity contribution in [3.63, 3.8) is 0 Å². The summed E-state index contributed by atoms with van der Waals surface area (Å²) in [6, 6.07) is 43.9. The number of nitrogens with one attached hydrogen (secondary N) is 2. The molecule has 4 aromatic carbocycles. The van der Waals surface area contributed by atoms with Crippen LogP contribution >= 0.6 is 11.3 Å². The molecule has 0 spiro atoms. The molecule has 0 unspecified atom stereocenters. The van der Waals surface area contributed by atoms with E-state index in [0.29, 0.717) is 0 Å². The van der Waals surface area contributed by atoms with Gasteiger partial charge < -0.3 is 0 Å². The molecular weight excluding hydrogens is 692 g/mol. The zero-order valence-corrected chi connectivity index (χ0v) is 30.7. The van der Waals surface area contributed by atoms with E-state index >= 15 is 0 Å². The van der Waals surface area contributed by atoms with E-state index in [0.717, 1.165) is 38.8 Å². The first-order chi connectivity index (χ1) is 21.0. The summed E-state index contributed by atoms with van der Waals surface area (Å²) >= 11 is 7.39. The van der Waals surface area contributed by atoms with E-state index in [9.17, 15) is 0 Å². The molecule has 2 nitrogen and oxygen atoms in total. The van der Waals surface area contributed by atoms with Crippen molar-refractivity contribution in [3.05, 3.63) is 144 Å². The third kappa shape index (κ3) is 13.7. The van der Waals surface area contributed by atoms with Crippen molar-refractivity contribution in [1.82, 2.24) is 10.2 Å². The van der Waals surface area contributed by atoms with E-state index in [1.54, 1.807) is 0 Å². The summed E-state index contributed by atoms with van der Waals surface area (Å²) in [6.07, 6.45) is 13.1. The standard InChI is InChI=1S/C37H48N2P2Se2/c42-40(30-24-34-16-6-1-7-17-34,31-25-35-18-8-2-9-19-35)38-28-14-5-15-29-39-41(43,32-26-36-20-10-3-11-21-36)33-27-37-22-12-4-13-23-37/h1-4,6-13,16-23H,5,14-15,24-33H2,(H,38,42)(H,39,43). The van der Waals surface area contributed by atoms with Gasteiger partial charge in [0.1, 0.15) is 0 Å². The average Bonchev–Trinajstić information content (AvgIpc) is 3.06. The van der Waals surface area contributed by atoms with Gasteiger partial charge in [-0.3, -0.25) is 0 Å². The molecule has 0 atom stereocenters. The molecule has 0 saturated carbocycles. The number of hydrogen-bond acceptors (Lipinski definition) is 2. The van der Waals surface area contributed by atoms with Crippen LogP contribution < -0.4 is 10.2 Å². The minimum absolute atomic E-state index is 1.10. The zero-order valence-electron chi connectivity index (χ0n) is 25.5. The van der Waals surface area contributed by atoms with Gasteiger partial charge in [-0.1, -0.05) is 0 Å². The first-order valence-electron chi connectivity index (χ1n) is 15.8. The molecule has 43 heavy (non-hydrogen) atoms. The topological polar surface area (TPSA) is 24.1 Å². The first-order valence-corrected chi connectivity index (χ1v) is 24.6. The Morgan fingerprint density at radius 1 is 0.372 bits per heavy atom. The van der Waals surface area contributed by atoms with Crippen molar-refractivity contribution in [1.29, 1.82) is 0 Å². The van der Waals surface area contributed by atoms with Crippen LogP contribution in [0.3, 0.4) is 0 Å². The van der Waals surface area contributed by atoms with Crippen molar-refractivity contribution in [3.8, 4) is 0 Å². The van der Waals surface area contributed by atoms with E-state index in [1.165, 1.54) is 66.2 Å². The van der Waals surface area contributed by atoms with E-state index in [1.807, 2.05) is 0 Å². The molecule has 0 aliphatic rings. The summed E-state index contributed by atoms with van der Waals surface area (Å²) in [5, 5.41) is 8.11. The second-order valence-corrected chi connectivity index (χ2v) is 26.3. The maximum atomic E-state index is 4.06. The Hall–Kier alpha value is -1.30. The summed E-state index contributed by atoms with van der Waals surface area (Å²) in [7, 11) is 0. The molecule has 2 N–H and O–H groups in total. The van der Waals surface area contributed by atoms with Gasteiger partial charge in [0, 0.05) is 0 Å². The Kier molecular flexibility index (Phi) is 15.5. The van der Waals surface area contributed by atoms with Gasteiger partial charge in [-0.15, -0.1) is 0 Å². The van der Waals surface area contributed by atoms with Crippen molar-refractivity contribution in [2.75, 3.05) is 37.7 Å². The number of rotatable bonds is 20. The molecule has 0 amide bonds. The van der Waals surface area contributed by atoms with Gasteiger partial charge in [0.05, 0.1) is 0 Å². The zero-order chi connectivity index (χ0) is 30.1. The summed E-state index contributed by atoms with van der Waals surface area (Å²) < 4.78 is 0. The Labute approximate surface area is 276 Å². The van der Waals surface area contributed by atoms with Crippen LogP contribution in [-0.4, -0.2) is 67.9 Å². The third-order valence-electron chi connectivity index (χ3n) is 8.07. The predicted octanol–water partition coefficient (Wildman–Crippen LogP) is 8.34. The average molecular weight is 741 g/mol. The Balaban J connectivity index is 1.23. The van der Waals surface area contributed by atoms with Gasteiger partial charge in [0.15, 0.2) is 0 Å². The van der Waals surface area contributed by atoms with Crippen LogP contribution in [0.25, 0.3) is 0 Å². The van der Waals surface area contributed by atoms with Crippen LogP contribution in [0.2, 0.25) is 0 Å². The minimum atomic E-state index is -1.35. The van der Waals surface area contributed by atoms with Gasteiger partial charge in [0.25, 0.3) is 0 Å². The second-order valence-electron chi connectivity index (χ2n) is 11.5. The van der Waals surface area contributed by atoms with Crippen LogP contribution in [-0.2, 0) is 25.7 Å². The summed E-state index contributed by atoms with van der Waals surface area (Å²) in [5.41, 5.74) is 3.07. The van der Waals surface area contributed by atoms with E-state index in [2.05, 4.69) is 162 Å². The Morgan fingerprint density at radius 3 is 0.884 bits per heavy atom. The predicted molar refractivity (Wildman–Crippen MR) is 195 cm³/mol. The molecule has 228 valence electrons. The molecule has 0 radical (unpaired) electrons. The molecule has 4 rings (SSSR count). The van der Waals surface area contributed by atoms with Gasteiger partial charge in [-0.2, -0.15) is 0 Å². The van der Waals surface area contributed by atoms with Crippen LogP contribution in [0.5, 0.6) is 0 Å². The number of hydrogen-bond donors (Lipinski definition) is 2. The van der Waals surface area contributed by atoms with Gasteiger partial charge in [-0.05, 0) is 0 Å². The van der Waals surface area contributed by atoms with Gasteiger partial charge in [0.2, 0.25) is 0 Å². The molecule has 0 aliphatic heterocycles. The molecular formula is C37H48N2P2Se2. The van der Waals surface area contributed by atoms with Gasteiger partial charge >= 0.3 is 278 Å². The number of unbranched alkanes of at least 4 members (excludes halogenated alkanes) is 2. The SMILES string of the molecule is [Se]=P(CCc1ccccc1)(CCc1ccccc1)NCCCCCNP(=[Se])(CCc1ccccc1)CCc1ccccc1. The van der Waals surface area contributed by atoms with Gasteiger partial charge in [-0.25, -0.2) is 0 Å². The second kappa shape index (κ2) is 19.3. The molecule has 0 aromatic heterocycles. The van der Waals surface area contributed by atoms with E-state index in [-0.39, 0.29) is 0 Å². The molecule has 0 bridgehead atoms. The van der Waals surface area contributed by atoms with Crippen LogP contribution in [0.4, 0.5) is 0 Å². The quantitative estimate of drug-likeness (QED) is 0.0542. The fraction of sp³-hybridized carbons (Fsp3) is 0.351. The fourth-order valence-electron chi connectivity index (χ4n) is 5.35. The Morgan fingerprint density at radius 2 is 0.628 bits per heavy atom. The molecule has 0 fully saturated rings. The molecule has 4 aromatic rings. The summed E-state index contributed by atoms with van der Waals surface area (Å²) in [5.74, 6) is 0. The monoisotopic (exact) mass is 742 g/mol. The van der Waals surface area contributed by atoms with Crippen molar-refractivity contribution >= 4 is 41.5 Å². The van der Waals surface area contributed by atoms with Crippen LogP contribution in [0.15, 0.2) is 121 Å². The normalized spacial score (nSPS) is 11.9. The third-order valence-corrected chi connectivity index (χ3v) is 19.7. The first kappa shape index (κ1) is 34.6. The van der Waals surface area contributed by atoms with E-state index < -0.39 is 11.3 Å². The molecule has 0 heterocycles. The maximum absolute atomic E-state index is 4.06. The van der Waals surface area contributed by atoms with Crippen LogP contribution in [0.1, 0.15) is 41.5 Å². The molecule has 0 aliphatic carbocycles. The van der Waals surface area contributed by atoms with Crippen molar-refractivity contribution < 1.29 is 0 Å². The molecule has 0 saturated heterocycles. The van der Waals surface area contributed by atoms with Crippen molar-refractivity contribution in [2.45, 2.75) is 44.9 Å². The summed E-state index contributed by atoms with van der Waals surface area (Å²) in [4.78, 5) is 0. The Bertz CT molecular complexity index is 1200. The van der Waals surface area contributed by atoms with E-state index in [4.69, 9.17) is 0 Å².